The first-order chi connectivity index (χ1) is 7.59. The fourth-order valence-corrected chi connectivity index (χ4v) is 3.18. The van der Waals surface area contributed by atoms with Gasteiger partial charge in [0, 0.05) is 16.1 Å². The third kappa shape index (κ3) is 3.15. The molecule has 1 aliphatic carbocycles. The normalized spacial score (nSPS) is 17.8. The number of aryl methyl sites for hydroxylation is 1. The molecular weight excluding hydrogens is 302 g/mol. The lowest BCUT2D eigenvalue weighted by Crippen LogP contribution is -2.19. The van der Waals surface area contributed by atoms with E-state index in [1.807, 2.05) is 19.1 Å². The third-order valence-electron chi connectivity index (χ3n) is 3.56. The molecule has 3 N–H and O–H groups in total. The first kappa shape index (κ1) is 14.8. The van der Waals surface area contributed by atoms with E-state index < -0.39 is 0 Å². The fraction of sp³-hybridized carbons (Fsp3) is 0.538. The Hall–Kier alpha value is -0.250. The Kier molecular flexibility index (Phi) is 5.29. The van der Waals surface area contributed by atoms with Crippen molar-refractivity contribution in [2.75, 3.05) is 0 Å². The third-order valence-corrected chi connectivity index (χ3v) is 4.02. The minimum Gasteiger partial charge on any atom is -0.507 e. The number of benzene rings is 1. The zero-order valence-corrected chi connectivity index (χ0v) is 12.4. The number of aromatic hydroxyl groups is 1. The van der Waals surface area contributed by atoms with Gasteiger partial charge < -0.3 is 10.8 Å². The summed E-state index contributed by atoms with van der Waals surface area (Å²) in [6.07, 6.45) is 4.91. The van der Waals surface area contributed by atoms with Crippen molar-refractivity contribution in [2.24, 2.45) is 11.7 Å². The molecule has 0 amide bonds. The van der Waals surface area contributed by atoms with Crippen LogP contribution in [0.3, 0.4) is 0 Å². The van der Waals surface area contributed by atoms with E-state index in [1.54, 1.807) is 0 Å². The molecule has 1 aliphatic rings. The van der Waals surface area contributed by atoms with Crippen LogP contribution >= 0.6 is 28.3 Å². The lowest BCUT2D eigenvalue weighted by Gasteiger charge is -2.21. The zero-order valence-electron chi connectivity index (χ0n) is 9.95. The number of hydrogen-bond acceptors (Lipinski definition) is 2. The molecule has 0 aromatic heterocycles. The van der Waals surface area contributed by atoms with E-state index in [0.717, 1.165) is 15.6 Å². The molecule has 0 aliphatic heterocycles. The average Bonchev–Trinajstić information content (AvgIpc) is 2.75. The molecule has 0 heterocycles. The maximum absolute atomic E-state index is 10.1. The maximum atomic E-state index is 10.1. The quantitative estimate of drug-likeness (QED) is 0.862. The van der Waals surface area contributed by atoms with Crippen LogP contribution in [0.2, 0.25) is 0 Å². The van der Waals surface area contributed by atoms with Crippen LogP contribution in [0.15, 0.2) is 16.6 Å². The molecule has 0 bridgehead atoms. The molecule has 0 unspecified atom stereocenters. The van der Waals surface area contributed by atoms with Gasteiger partial charge in [0.25, 0.3) is 0 Å². The summed E-state index contributed by atoms with van der Waals surface area (Å²) in [5, 5.41) is 10.1. The van der Waals surface area contributed by atoms with Gasteiger partial charge in [0.15, 0.2) is 0 Å². The van der Waals surface area contributed by atoms with Crippen molar-refractivity contribution in [3.8, 4) is 5.75 Å². The highest BCUT2D eigenvalue weighted by atomic mass is 79.9. The van der Waals surface area contributed by atoms with Crippen LogP contribution in [0.5, 0.6) is 5.75 Å². The van der Waals surface area contributed by atoms with Gasteiger partial charge in [0.2, 0.25) is 0 Å². The van der Waals surface area contributed by atoms with Gasteiger partial charge >= 0.3 is 0 Å². The maximum Gasteiger partial charge on any atom is 0.123 e. The SMILES string of the molecule is Cc1cc(Br)cc([C@H](N)C2CCCC2)c1O.Cl. The Balaban J connectivity index is 0.00000144. The van der Waals surface area contributed by atoms with Gasteiger partial charge in [-0.15, -0.1) is 12.4 Å². The van der Waals surface area contributed by atoms with E-state index in [4.69, 9.17) is 5.73 Å². The van der Waals surface area contributed by atoms with Crippen molar-refractivity contribution in [1.29, 1.82) is 0 Å². The first-order valence-corrected chi connectivity index (χ1v) is 6.63. The summed E-state index contributed by atoms with van der Waals surface area (Å²) in [7, 11) is 0. The Labute approximate surface area is 117 Å². The monoisotopic (exact) mass is 319 g/mol. The van der Waals surface area contributed by atoms with E-state index >= 15 is 0 Å². The first-order valence-electron chi connectivity index (χ1n) is 5.84. The number of halogens is 2. The van der Waals surface area contributed by atoms with Crippen LogP contribution in [0.1, 0.15) is 42.9 Å². The van der Waals surface area contributed by atoms with Crippen molar-refractivity contribution in [3.05, 3.63) is 27.7 Å². The minimum atomic E-state index is -0.0290. The van der Waals surface area contributed by atoms with Crippen molar-refractivity contribution in [3.63, 3.8) is 0 Å². The van der Waals surface area contributed by atoms with Gasteiger partial charge in [0.1, 0.15) is 5.75 Å². The number of phenolic OH excluding ortho intramolecular Hbond substituents is 1. The van der Waals surface area contributed by atoms with Crippen LogP contribution < -0.4 is 5.73 Å². The van der Waals surface area contributed by atoms with Gasteiger partial charge in [-0.25, -0.2) is 0 Å². The molecular formula is C13H19BrClNO. The summed E-state index contributed by atoms with van der Waals surface area (Å²) in [5.41, 5.74) is 8.03. The molecule has 1 fully saturated rings. The van der Waals surface area contributed by atoms with E-state index in [1.165, 1.54) is 25.7 Å². The topological polar surface area (TPSA) is 46.2 Å². The van der Waals surface area contributed by atoms with E-state index in [9.17, 15) is 5.11 Å². The second-order valence-electron chi connectivity index (χ2n) is 4.73. The molecule has 96 valence electrons. The van der Waals surface area contributed by atoms with Crippen LogP contribution in [-0.4, -0.2) is 5.11 Å². The van der Waals surface area contributed by atoms with Crippen molar-refractivity contribution in [2.45, 2.75) is 38.6 Å². The highest BCUT2D eigenvalue weighted by Crippen LogP contribution is 2.39. The molecule has 1 aromatic carbocycles. The van der Waals surface area contributed by atoms with E-state index in [-0.39, 0.29) is 18.4 Å². The Morgan fingerprint density at radius 3 is 2.53 bits per heavy atom. The van der Waals surface area contributed by atoms with Crippen LogP contribution in [-0.2, 0) is 0 Å². The highest BCUT2D eigenvalue weighted by Gasteiger charge is 2.25. The van der Waals surface area contributed by atoms with Crippen LogP contribution in [0.4, 0.5) is 0 Å². The Bertz CT molecular complexity index is 391. The average molecular weight is 321 g/mol. The summed E-state index contributed by atoms with van der Waals surface area (Å²) in [6.45, 7) is 1.91. The summed E-state index contributed by atoms with van der Waals surface area (Å²) < 4.78 is 0.992. The van der Waals surface area contributed by atoms with Gasteiger partial charge in [-0.2, -0.15) is 0 Å². The van der Waals surface area contributed by atoms with Gasteiger partial charge in [0.05, 0.1) is 0 Å². The van der Waals surface area contributed by atoms with Gasteiger partial charge in [-0.1, -0.05) is 28.8 Å². The standard InChI is InChI=1S/C13H18BrNO.ClH/c1-8-6-10(14)7-11(13(8)16)12(15)9-4-2-3-5-9;/h6-7,9,12,16H,2-5,15H2,1H3;1H/t12-;/m1./s1. The Morgan fingerprint density at radius 2 is 1.94 bits per heavy atom. The summed E-state index contributed by atoms with van der Waals surface area (Å²) >= 11 is 3.46. The van der Waals surface area contributed by atoms with Crippen LogP contribution in [0.25, 0.3) is 0 Å². The molecule has 17 heavy (non-hydrogen) atoms. The molecule has 1 atom stereocenters. The Morgan fingerprint density at radius 1 is 1.35 bits per heavy atom. The second kappa shape index (κ2) is 6.07. The smallest absolute Gasteiger partial charge is 0.123 e. The largest absolute Gasteiger partial charge is 0.507 e. The van der Waals surface area contributed by atoms with Crippen LogP contribution in [0, 0.1) is 12.8 Å². The minimum absolute atomic E-state index is 0. The second-order valence-corrected chi connectivity index (χ2v) is 5.65. The summed E-state index contributed by atoms with van der Waals surface area (Å²) in [5.74, 6) is 0.891. The van der Waals surface area contributed by atoms with E-state index in [0.29, 0.717) is 11.7 Å². The summed E-state index contributed by atoms with van der Waals surface area (Å²) in [4.78, 5) is 0. The fourth-order valence-electron chi connectivity index (χ4n) is 2.59. The van der Waals surface area contributed by atoms with E-state index in [2.05, 4.69) is 15.9 Å². The zero-order chi connectivity index (χ0) is 11.7. The number of phenols is 1. The molecule has 0 radical (unpaired) electrons. The van der Waals surface area contributed by atoms with Crippen molar-refractivity contribution < 1.29 is 5.11 Å². The molecule has 0 saturated heterocycles. The molecule has 0 spiro atoms. The number of nitrogens with two attached hydrogens (primary N) is 1. The predicted molar refractivity (Wildman–Crippen MR) is 76.7 cm³/mol. The lowest BCUT2D eigenvalue weighted by molar-refractivity contribution is 0.410. The van der Waals surface area contributed by atoms with Crippen molar-refractivity contribution >= 4 is 28.3 Å². The van der Waals surface area contributed by atoms with Gasteiger partial charge in [-0.3, -0.25) is 0 Å². The van der Waals surface area contributed by atoms with Crippen molar-refractivity contribution in [1.82, 2.24) is 0 Å². The number of hydrogen-bond donors (Lipinski definition) is 2. The lowest BCUT2D eigenvalue weighted by atomic mass is 9.91. The molecule has 2 rings (SSSR count). The molecule has 2 nitrogen and oxygen atoms in total. The predicted octanol–water partition coefficient (Wildman–Crippen LogP) is 4.07. The molecule has 4 heteroatoms. The van der Waals surface area contributed by atoms with Gasteiger partial charge in [-0.05, 0) is 43.4 Å². The molecule has 1 aromatic rings. The highest BCUT2D eigenvalue weighted by molar-refractivity contribution is 9.10. The molecule has 1 saturated carbocycles. The number of rotatable bonds is 2. The summed E-state index contributed by atoms with van der Waals surface area (Å²) in [6, 6.07) is 3.84.